The third-order valence-electron chi connectivity index (χ3n) is 2.78. The summed E-state index contributed by atoms with van der Waals surface area (Å²) < 4.78 is 10.5. The second-order valence-electron chi connectivity index (χ2n) is 3.75. The van der Waals surface area contributed by atoms with Crippen molar-refractivity contribution in [1.29, 1.82) is 0 Å². The minimum atomic E-state index is -0.381. The fourth-order valence-electron chi connectivity index (χ4n) is 1.95. The highest BCUT2D eigenvalue weighted by atomic mass is 32.1. The van der Waals surface area contributed by atoms with Crippen LogP contribution < -0.4 is 0 Å². The fraction of sp³-hybridized carbons (Fsp3) is 0.600. The summed E-state index contributed by atoms with van der Waals surface area (Å²) in [5.41, 5.74) is 1.29. The molecule has 1 saturated heterocycles. The first-order chi connectivity index (χ1) is 7.72. The normalized spacial score (nSPS) is 17.3. The van der Waals surface area contributed by atoms with Gasteiger partial charge in [0.15, 0.2) is 4.77 Å². The molecule has 0 unspecified atom stereocenters. The summed E-state index contributed by atoms with van der Waals surface area (Å²) in [6.45, 7) is 1.44. The summed E-state index contributed by atoms with van der Waals surface area (Å²) in [6, 6.07) is 0. The summed E-state index contributed by atoms with van der Waals surface area (Å²) in [5, 5.41) is 0. The molecule has 1 aliphatic rings. The molecule has 0 bridgehead atoms. The Hall–Kier alpha value is -1.14. The second kappa shape index (κ2) is 4.80. The lowest BCUT2D eigenvalue weighted by Crippen LogP contribution is -2.17. The molecule has 0 radical (unpaired) electrons. The number of carbonyl (C=O) groups is 1. The van der Waals surface area contributed by atoms with E-state index in [4.69, 9.17) is 21.7 Å². The van der Waals surface area contributed by atoms with Crippen LogP contribution in [0.1, 0.15) is 34.9 Å². The minimum absolute atomic E-state index is 0.288. The number of nitrogens with one attached hydrogen (secondary N) is 2. The number of aromatic nitrogens is 2. The number of hydrogen-bond acceptors (Lipinski definition) is 4. The van der Waals surface area contributed by atoms with Crippen LogP contribution in [0.4, 0.5) is 0 Å². The van der Waals surface area contributed by atoms with Crippen LogP contribution in [0.2, 0.25) is 0 Å². The van der Waals surface area contributed by atoms with Crippen LogP contribution in [0.15, 0.2) is 0 Å². The van der Waals surface area contributed by atoms with Crippen molar-refractivity contribution in [2.45, 2.75) is 18.8 Å². The van der Waals surface area contributed by atoms with E-state index in [9.17, 15) is 4.79 Å². The van der Waals surface area contributed by atoms with E-state index >= 15 is 0 Å². The molecule has 2 heterocycles. The lowest BCUT2D eigenvalue weighted by atomic mass is 9.95. The zero-order valence-corrected chi connectivity index (χ0v) is 9.86. The van der Waals surface area contributed by atoms with Crippen LogP contribution in [0.5, 0.6) is 0 Å². The highest BCUT2D eigenvalue weighted by Gasteiger charge is 2.24. The molecule has 1 aliphatic heterocycles. The zero-order valence-electron chi connectivity index (χ0n) is 9.04. The van der Waals surface area contributed by atoms with Crippen molar-refractivity contribution < 1.29 is 14.3 Å². The summed E-state index contributed by atoms with van der Waals surface area (Å²) in [6.07, 6.45) is 1.79. The van der Waals surface area contributed by atoms with E-state index < -0.39 is 0 Å². The average molecular weight is 242 g/mol. The lowest BCUT2D eigenvalue weighted by molar-refractivity contribution is 0.0585. The third-order valence-corrected chi connectivity index (χ3v) is 2.98. The molecule has 0 aromatic carbocycles. The molecule has 0 atom stereocenters. The van der Waals surface area contributed by atoms with Crippen molar-refractivity contribution in [3.63, 3.8) is 0 Å². The largest absolute Gasteiger partial charge is 0.464 e. The Morgan fingerprint density at radius 2 is 2.12 bits per heavy atom. The Bertz CT molecular complexity index is 432. The van der Waals surface area contributed by atoms with Crippen molar-refractivity contribution in [2.24, 2.45) is 0 Å². The molecule has 16 heavy (non-hydrogen) atoms. The van der Waals surface area contributed by atoms with Crippen LogP contribution in [-0.4, -0.2) is 36.3 Å². The highest BCUT2D eigenvalue weighted by Crippen LogP contribution is 2.27. The third kappa shape index (κ3) is 2.17. The first-order valence-electron chi connectivity index (χ1n) is 5.20. The van der Waals surface area contributed by atoms with E-state index in [0.717, 1.165) is 31.7 Å². The van der Waals surface area contributed by atoms with Gasteiger partial charge >= 0.3 is 5.97 Å². The smallest absolute Gasteiger partial charge is 0.356 e. The van der Waals surface area contributed by atoms with Gasteiger partial charge in [-0.2, -0.15) is 0 Å². The molecule has 1 aromatic heterocycles. The van der Waals surface area contributed by atoms with Crippen LogP contribution >= 0.6 is 12.2 Å². The maximum Gasteiger partial charge on any atom is 0.356 e. The van der Waals surface area contributed by atoms with Gasteiger partial charge in [-0.15, -0.1) is 0 Å². The topological polar surface area (TPSA) is 67.1 Å². The molecular formula is C10H14N2O3S. The van der Waals surface area contributed by atoms with Gasteiger partial charge in [0.2, 0.25) is 0 Å². The van der Waals surface area contributed by atoms with Crippen molar-refractivity contribution in [3.05, 3.63) is 16.2 Å². The van der Waals surface area contributed by atoms with Gasteiger partial charge in [0.05, 0.1) is 12.8 Å². The number of hydrogen-bond donors (Lipinski definition) is 2. The van der Waals surface area contributed by atoms with E-state index in [-0.39, 0.29) is 11.9 Å². The van der Waals surface area contributed by atoms with Gasteiger partial charge in [-0.1, -0.05) is 0 Å². The quantitative estimate of drug-likeness (QED) is 0.612. The summed E-state index contributed by atoms with van der Waals surface area (Å²) in [4.78, 5) is 17.4. The van der Waals surface area contributed by atoms with Gasteiger partial charge in [0, 0.05) is 19.1 Å². The van der Waals surface area contributed by atoms with Crippen molar-refractivity contribution in [2.75, 3.05) is 20.3 Å². The maximum absolute atomic E-state index is 11.5. The van der Waals surface area contributed by atoms with Crippen molar-refractivity contribution in [1.82, 2.24) is 9.97 Å². The highest BCUT2D eigenvalue weighted by molar-refractivity contribution is 7.71. The first-order valence-corrected chi connectivity index (χ1v) is 5.61. The lowest BCUT2D eigenvalue weighted by Gasteiger charge is -2.21. The van der Waals surface area contributed by atoms with E-state index in [1.807, 2.05) is 0 Å². The number of imidazole rings is 1. The number of aromatic amines is 2. The summed E-state index contributed by atoms with van der Waals surface area (Å²) in [7, 11) is 1.36. The van der Waals surface area contributed by atoms with Crippen LogP contribution in [0, 0.1) is 4.77 Å². The van der Waals surface area contributed by atoms with Gasteiger partial charge in [0.1, 0.15) is 5.69 Å². The van der Waals surface area contributed by atoms with Crippen molar-refractivity contribution >= 4 is 18.2 Å². The first kappa shape index (κ1) is 11.3. The molecule has 6 heteroatoms. The van der Waals surface area contributed by atoms with Gasteiger partial charge in [-0.3, -0.25) is 0 Å². The van der Waals surface area contributed by atoms with Crippen LogP contribution in [0.3, 0.4) is 0 Å². The number of H-pyrrole nitrogens is 2. The molecule has 0 aliphatic carbocycles. The average Bonchev–Trinajstić information content (AvgIpc) is 2.71. The molecule has 0 amide bonds. The molecule has 5 nitrogen and oxygen atoms in total. The molecule has 0 spiro atoms. The van der Waals surface area contributed by atoms with Crippen LogP contribution in [-0.2, 0) is 9.47 Å². The second-order valence-corrected chi connectivity index (χ2v) is 4.15. The standard InChI is InChI=1S/C10H14N2O3S/c1-14-9(13)8-7(11-10(16)12-8)6-2-4-15-5-3-6/h6H,2-5H2,1H3,(H2,11,12,16). The number of carbonyl (C=O) groups excluding carboxylic acids is 1. The van der Waals surface area contributed by atoms with Crippen molar-refractivity contribution in [3.8, 4) is 0 Å². The van der Waals surface area contributed by atoms with Crippen LogP contribution in [0.25, 0.3) is 0 Å². The molecule has 2 N–H and O–H groups in total. The number of esters is 1. The molecule has 88 valence electrons. The number of rotatable bonds is 2. The monoisotopic (exact) mass is 242 g/mol. The van der Waals surface area contributed by atoms with Gasteiger partial charge in [0.25, 0.3) is 0 Å². The Labute approximate surface area is 98.2 Å². The molecule has 0 saturated carbocycles. The van der Waals surface area contributed by atoms with E-state index in [0.29, 0.717) is 10.5 Å². The molecule has 1 fully saturated rings. The molecular weight excluding hydrogens is 228 g/mol. The Morgan fingerprint density at radius 3 is 2.75 bits per heavy atom. The predicted molar refractivity (Wildman–Crippen MR) is 60.1 cm³/mol. The summed E-state index contributed by atoms with van der Waals surface area (Å²) >= 11 is 5.01. The van der Waals surface area contributed by atoms with E-state index in [2.05, 4.69) is 9.97 Å². The predicted octanol–water partition coefficient (Wildman–Crippen LogP) is 1.75. The number of methoxy groups -OCH3 is 1. The SMILES string of the molecule is COC(=O)c1[nH]c(=S)[nH]c1C1CCOCC1. The van der Waals surface area contributed by atoms with Gasteiger partial charge < -0.3 is 19.4 Å². The minimum Gasteiger partial charge on any atom is -0.464 e. The summed E-state index contributed by atoms with van der Waals surface area (Å²) in [5.74, 6) is -0.0929. The maximum atomic E-state index is 11.5. The zero-order chi connectivity index (χ0) is 11.5. The van der Waals surface area contributed by atoms with Gasteiger partial charge in [-0.05, 0) is 25.1 Å². The van der Waals surface area contributed by atoms with E-state index in [1.165, 1.54) is 7.11 Å². The fourth-order valence-corrected chi connectivity index (χ4v) is 2.16. The molecule has 1 aromatic rings. The molecule has 2 rings (SSSR count). The Morgan fingerprint density at radius 1 is 1.44 bits per heavy atom. The Balaban J connectivity index is 2.31. The Kier molecular flexibility index (Phi) is 3.40. The number of ether oxygens (including phenoxy) is 2. The van der Waals surface area contributed by atoms with Gasteiger partial charge in [-0.25, -0.2) is 4.79 Å². The van der Waals surface area contributed by atoms with E-state index in [1.54, 1.807) is 0 Å².